The highest BCUT2D eigenvalue weighted by molar-refractivity contribution is 6.52. The zero-order valence-corrected chi connectivity index (χ0v) is 19.0. The van der Waals surface area contributed by atoms with Crippen molar-refractivity contribution in [2.24, 2.45) is 0 Å². The number of aliphatic hydroxyl groups excluding tert-OH is 1. The minimum absolute atomic E-state index is 0.0443. The number of nitrogens with zero attached hydrogens (tertiary/aromatic N) is 2. The molecule has 6 heteroatoms. The molecule has 3 heterocycles. The molecule has 2 aliphatic rings. The Bertz CT molecular complexity index is 1520. The maximum Gasteiger partial charge on any atom is 0.300 e. The number of aliphatic hydroxyl groups is 1. The van der Waals surface area contributed by atoms with E-state index in [0.717, 1.165) is 22.1 Å². The molecule has 3 aromatic carbocycles. The lowest BCUT2D eigenvalue weighted by Gasteiger charge is -2.26. The fourth-order valence-electron chi connectivity index (χ4n) is 5.08. The number of carbonyl (C=O) groups excluding carboxylic acids is 2. The van der Waals surface area contributed by atoms with Crippen LogP contribution in [0.2, 0.25) is 0 Å². The molecule has 2 aliphatic heterocycles. The first-order valence-electron chi connectivity index (χ1n) is 11.5. The number of anilines is 1. The number of pyridine rings is 1. The summed E-state index contributed by atoms with van der Waals surface area (Å²) in [6, 6.07) is 21.5. The monoisotopic (exact) mass is 462 g/mol. The van der Waals surface area contributed by atoms with Gasteiger partial charge in [0.2, 0.25) is 0 Å². The van der Waals surface area contributed by atoms with Crippen LogP contribution in [0.4, 0.5) is 5.69 Å². The summed E-state index contributed by atoms with van der Waals surface area (Å²) in [6.07, 6.45) is 4.03. The van der Waals surface area contributed by atoms with Gasteiger partial charge >= 0.3 is 0 Å². The topological polar surface area (TPSA) is 79.7 Å². The van der Waals surface area contributed by atoms with Crippen LogP contribution >= 0.6 is 0 Å². The predicted octanol–water partition coefficient (Wildman–Crippen LogP) is 5.18. The van der Waals surface area contributed by atoms with E-state index in [2.05, 4.69) is 4.98 Å². The van der Waals surface area contributed by atoms with E-state index in [1.807, 2.05) is 61.5 Å². The van der Waals surface area contributed by atoms with Gasteiger partial charge in [0.15, 0.2) is 0 Å². The molecule has 0 spiro atoms. The number of hydrogen-bond donors (Lipinski definition) is 1. The summed E-state index contributed by atoms with van der Waals surface area (Å²) in [7, 11) is 0. The summed E-state index contributed by atoms with van der Waals surface area (Å²) in [5.41, 5.74) is 2.73. The van der Waals surface area contributed by atoms with Gasteiger partial charge < -0.3 is 9.84 Å². The Morgan fingerprint density at radius 2 is 1.86 bits per heavy atom. The number of benzene rings is 3. The zero-order chi connectivity index (χ0) is 24.1. The molecule has 0 aliphatic carbocycles. The quantitative estimate of drug-likeness (QED) is 0.258. The summed E-state index contributed by atoms with van der Waals surface area (Å²) in [5.74, 6) is -0.847. The van der Waals surface area contributed by atoms with Gasteiger partial charge in [0.1, 0.15) is 17.6 Å². The first kappa shape index (κ1) is 21.1. The Morgan fingerprint density at radius 3 is 2.69 bits per heavy atom. The van der Waals surface area contributed by atoms with E-state index in [9.17, 15) is 14.7 Å². The van der Waals surface area contributed by atoms with Crippen molar-refractivity contribution in [2.45, 2.75) is 25.5 Å². The lowest BCUT2D eigenvalue weighted by molar-refractivity contribution is -0.132. The van der Waals surface area contributed by atoms with Crippen LogP contribution in [0, 0.1) is 0 Å². The summed E-state index contributed by atoms with van der Waals surface area (Å²) in [5, 5.41) is 13.2. The van der Waals surface area contributed by atoms with Crippen molar-refractivity contribution in [1.29, 1.82) is 0 Å². The molecule has 35 heavy (non-hydrogen) atoms. The molecule has 6 nitrogen and oxygen atoms in total. The van der Waals surface area contributed by atoms with Crippen LogP contribution in [0.25, 0.3) is 16.5 Å². The molecule has 172 valence electrons. The molecule has 2 unspecified atom stereocenters. The number of carbonyl (C=O) groups is 2. The standard InChI is InChI=1S/C29H22N2O4/c1-17-14-21-15-19(11-12-24(21)35-17)27(32)25-26(20-8-5-13-30-16-20)31(29(34)28(25)33)23-10-4-7-18-6-2-3-9-22(18)23/h2-13,15-17,26,32H,14H2,1H3/b27-25+. The number of Topliss-reactive ketones (excluding diaryl/α,β-unsaturated/α-hetero) is 1. The van der Waals surface area contributed by atoms with Gasteiger partial charge in [-0.25, -0.2) is 0 Å². The van der Waals surface area contributed by atoms with Crippen LogP contribution in [0.5, 0.6) is 5.75 Å². The Hall–Kier alpha value is -4.45. The van der Waals surface area contributed by atoms with Gasteiger partial charge in [0, 0.05) is 29.8 Å². The van der Waals surface area contributed by atoms with E-state index >= 15 is 0 Å². The smallest absolute Gasteiger partial charge is 0.300 e. The van der Waals surface area contributed by atoms with Crippen LogP contribution in [-0.4, -0.2) is 27.9 Å². The third-order valence-corrected chi connectivity index (χ3v) is 6.64. The number of ketones is 1. The first-order chi connectivity index (χ1) is 17.0. The number of amides is 1. The Morgan fingerprint density at radius 1 is 1.03 bits per heavy atom. The van der Waals surface area contributed by atoms with Gasteiger partial charge in [-0.05, 0) is 53.8 Å². The summed E-state index contributed by atoms with van der Waals surface area (Å²) < 4.78 is 5.78. The lowest BCUT2D eigenvalue weighted by atomic mass is 9.95. The van der Waals surface area contributed by atoms with E-state index < -0.39 is 17.7 Å². The fraction of sp³-hybridized carbons (Fsp3) is 0.138. The van der Waals surface area contributed by atoms with Gasteiger partial charge in [-0.15, -0.1) is 0 Å². The van der Waals surface area contributed by atoms with Crippen molar-refractivity contribution in [1.82, 2.24) is 4.98 Å². The van der Waals surface area contributed by atoms with Crippen molar-refractivity contribution in [3.63, 3.8) is 0 Å². The highest BCUT2D eigenvalue weighted by Crippen LogP contribution is 2.44. The minimum Gasteiger partial charge on any atom is -0.507 e. The normalized spacial score (nSPS) is 20.8. The van der Waals surface area contributed by atoms with E-state index in [1.54, 1.807) is 30.6 Å². The number of fused-ring (bicyclic) bond motifs is 2. The molecule has 6 rings (SSSR count). The number of aromatic nitrogens is 1. The van der Waals surface area contributed by atoms with E-state index in [0.29, 0.717) is 23.2 Å². The Labute approximate surface area is 202 Å². The average molecular weight is 463 g/mol. The number of hydrogen-bond acceptors (Lipinski definition) is 5. The molecule has 0 radical (unpaired) electrons. The number of ether oxygens (including phenoxy) is 1. The third-order valence-electron chi connectivity index (χ3n) is 6.64. The number of rotatable bonds is 3. The maximum absolute atomic E-state index is 13.5. The molecule has 4 aromatic rings. The second kappa shape index (κ2) is 8.09. The average Bonchev–Trinajstić information content (AvgIpc) is 3.39. The van der Waals surface area contributed by atoms with Crippen molar-refractivity contribution in [3.8, 4) is 5.75 Å². The van der Waals surface area contributed by atoms with Crippen LogP contribution < -0.4 is 9.64 Å². The highest BCUT2D eigenvalue weighted by atomic mass is 16.5. The second-order valence-electron chi connectivity index (χ2n) is 8.91. The van der Waals surface area contributed by atoms with Crippen LogP contribution in [0.3, 0.4) is 0 Å². The largest absolute Gasteiger partial charge is 0.507 e. The lowest BCUT2D eigenvalue weighted by Crippen LogP contribution is -2.29. The van der Waals surface area contributed by atoms with E-state index in [-0.39, 0.29) is 17.4 Å². The van der Waals surface area contributed by atoms with Crippen molar-refractivity contribution >= 4 is 33.9 Å². The van der Waals surface area contributed by atoms with Crippen LogP contribution in [-0.2, 0) is 16.0 Å². The summed E-state index contributed by atoms with van der Waals surface area (Å²) >= 11 is 0. The Kier molecular flexibility index (Phi) is 4.88. The van der Waals surface area contributed by atoms with Gasteiger partial charge in [0.25, 0.3) is 11.7 Å². The molecule has 1 aromatic heterocycles. The third kappa shape index (κ3) is 3.37. The van der Waals surface area contributed by atoms with Gasteiger partial charge in [0.05, 0.1) is 17.3 Å². The van der Waals surface area contributed by atoms with Crippen LogP contribution in [0.15, 0.2) is 90.8 Å². The molecule has 1 saturated heterocycles. The Balaban J connectivity index is 1.57. The maximum atomic E-state index is 13.5. The fourth-order valence-corrected chi connectivity index (χ4v) is 5.08. The van der Waals surface area contributed by atoms with E-state index in [4.69, 9.17) is 4.74 Å². The van der Waals surface area contributed by atoms with Gasteiger partial charge in [-0.1, -0.05) is 42.5 Å². The van der Waals surface area contributed by atoms with Gasteiger partial charge in [-0.3, -0.25) is 19.5 Å². The molecule has 0 bridgehead atoms. The molecule has 1 fully saturated rings. The first-order valence-corrected chi connectivity index (χ1v) is 11.5. The SMILES string of the molecule is CC1Cc2cc(/C(O)=C3\C(=O)C(=O)N(c4cccc5ccccc45)C3c3cccnc3)ccc2O1. The molecule has 0 saturated carbocycles. The van der Waals surface area contributed by atoms with Crippen LogP contribution in [0.1, 0.15) is 29.7 Å². The highest BCUT2D eigenvalue weighted by Gasteiger charge is 2.47. The second-order valence-corrected chi connectivity index (χ2v) is 8.91. The van der Waals surface area contributed by atoms with Gasteiger partial charge in [-0.2, -0.15) is 0 Å². The van der Waals surface area contributed by atoms with Crippen molar-refractivity contribution in [2.75, 3.05) is 4.90 Å². The predicted molar refractivity (Wildman–Crippen MR) is 133 cm³/mol. The molecule has 1 N–H and O–H groups in total. The minimum atomic E-state index is -0.821. The molecule has 2 atom stereocenters. The summed E-state index contributed by atoms with van der Waals surface area (Å²) in [6.45, 7) is 1.98. The summed E-state index contributed by atoms with van der Waals surface area (Å²) in [4.78, 5) is 32.7. The van der Waals surface area contributed by atoms with Crippen molar-refractivity contribution in [3.05, 3.63) is 107 Å². The molecule has 1 amide bonds. The molecular formula is C29H22N2O4. The van der Waals surface area contributed by atoms with E-state index in [1.165, 1.54) is 4.90 Å². The molecular weight excluding hydrogens is 440 g/mol. The zero-order valence-electron chi connectivity index (χ0n) is 19.0. The van der Waals surface area contributed by atoms with Crippen molar-refractivity contribution < 1.29 is 19.4 Å².